The number of hydrogen-bond donors (Lipinski definition) is 0. The average Bonchev–Trinajstić information content (AvgIpc) is 2.64. The molecule has 1 aliphatic rings. The molecule has 0 bridgehead atoms. The van der Waals surface area contributed by atoms with Crippen LogP contribution in [-0.2, 0) is 6.54 Å². The number of nitrogens with zero attached hydrogens (tertiary/aromatic N) is 6. The third kappa shape index (κ3) is 3.60. The molecule has 3 heterocycles. The van der Waals surface area contributed by atoms with Crippen molar-refractivity contribution in [3.05, 3.63) is 41.9 Å². The largest absolute Gasteiger partial charge is 0.481 e. The van der Waals surface area contributed by atoms with Crippen LogP contribution in [0.4, 0.5) is 5.95 Å². The van der Waals surface area contributed by atoms with Crippen LogP contribution in [0.15, 0.2) is 30.6 Å². The molecule has 0 radical (unpaired) electrons. The molecule has 124 valence electrons. The van der Waals surface area contributed by atoms with Gasteiger partial charge in [-0.15, -0.1) is 0 Å². The monoisotopic (exact) mass is 324 g/mol. The normalized spacial score (nSPS) is 18.2. The van der Waals surface area contributed by atoms with Gasteiger partial charge in [0.05, 0.1) is 7.11 Å². The summed E-state index contributed by atoms with van der Waals surface area (Å²) in [5.41, 5.74) is 1.57. The molecule has 1 saturated heterocycles. The molecule has 0 aliphatic carbocycles. The number of aromatic nitrogens is 3. The number of piperazine rings is 1. The maximum Gasteiger partial charge on any atom is 0.226 e. The highest BCUT2D eigenvalue weighted by atomic mass is 16.5. The van der Waals surface area contributed by atoms with Crippen LogP contribution in [-0.4, -0.2) is 52.6 Å². The van der Waals surface area contributed by atoms with E-state index in [1.165, 1.54) is 5.56 Å². The second kappa shape index (κ2) is 7.23. The van der Waals surface area contributed by atoms with Gasteiger partial charge in [-0.3, -0.25) is 4.90 Å². The lowest BCUT2D eigenvalue weighted by Gasteiger charge is -2.39. The topological polar surface area (TPSA) is 78.2 Å². The molecule has 0 aromatic carbocycles. The summed E-state index contributed by atoms with van der Waals surface area (Å²) in [5, 5.41) is 8.97. The maximum absolute atomic E-state index is 8.97. The fraction of sp³-hybridized carbons (Fsp3) is 0.412. The van der Waals surface area contributed by atoms with E-state index in [0.717, 1.165) is 26.2 Å². The number of anilines is 1. The number of rotatable bonds is 4. The number of hydrogen-bond acceptors (Lipinski definition) is 7. The molecule has 3 rings (SSSR count). The zero-order valence-corrected chi connectivity index (χ0v) is 13.9. The quantitative estimate of drug-likeness (QED) is 0.842. The minimum atomic E-state index is 0.357. The molecule has 7 nitrogen and oxygen atoms in total. The van der Waals surface area contributed by atoms with Gasteiger partial charge in [-0.2, -0.15) is 5.26 Å². The Morgan fingerprint density at radius 1 is 1.29 bits per heavy atom. The van der Waals surface area contributed by atoms with Crippen molar-refractivity contribution in [1.29, 1.82) is 5.26 Å². The second-order valence-electron chi connectivity index (χ2n) is 5.83. The fourth-order valence-electron chi connectivity index (χ4n) is 2.83. The van der Waals surface area contributed by atoms with E-state index in [1.807, 2.05) is 18.3 Å². The molecule has 1 fully saturated rings. The van der Waals surface area contributed by atoms with E-state index < -0.39 is 0 Å². The van der Waals surface area contributed by atoms with Crippen LogP contribution in [0.2, 0.25) is 0 Å². The molecule has 1 atom stereocenters. The van der Waals surface area contributed by atoms with Gasteiger partial charge in [0.2, 0.25) is 11.8 Å². The molecule has 0 amide bonds. The van der Waals surface area contributed by atoms with Crippen molar-refractivity contribution in [3.63, 3.8) is 0 Å². The predicted molar refractivity (Wildman–Crippen MR) is 89.6 cm³/mol. The first kappa shape index (κ1) is 16.1. The first-order chi connectivity index (χ1) is 11.7. The Bertz CT molecular complexity index is 727. The van der Waals surface area contributed by atoms with E-state index in [0.29, 0.717) is 23.6 Å². The average molecular weight is 324 g/mol. The lowest BCUT2D eigenvalue weighted by molar-refractivity contribution is 0.180. The van der Waals surface area contributed by atoms with Gasteiger partial charge in [-0.05, 0) is 18.6 Å². The van der Waals surface area contributed by atoms with Gasteiger partial charge in [0.15, 0.2) is 0 Å². The molecule has 2 aromatic heterocycles. The summed E-state index contributed by atoms with van der Waals surface area (Å²) in [5.74, 6) is 1.26. The Morgan fingerprint density at radius 2 is 2.17 bits per heavy atom. The van der Waals surface area contributed by atoms with Crippen LogP contribution in [0.25, 0.3) is 0 Å². The van der Waals surface area contributed by atoms with Crippen molar-refractivity contribution >= 4 is 5.95 Å². The van der Waals surface area contributed by atoms with Gasteiger partial charge in [0.1, 0.15) is 11.8 Å². The summed E-state index contributed by atoms with van der Waals surface area (Å²) in [6.45, 7) is 5.62. The third-order valence-corrected chi connectivity index (χ3v) is 4.20. The molecular formula is C17H20N6O. The van der Waals surface area contributed by atoms with Gasteiger partial charge in [-0.1, -0.05) is 6.07 Å². The summed E-state index contributed by atoms with van der Waals surface area (Å²) >= 11 is 0. The fourth-order valence-corrected chi connectivity index (χ4v) is 2.83. The van der Waals surface area contributed by atoms with Gasteiger partial charge >= 0.3 is 0 Å². The minimum Gasteiger partial charge on any atom is -0.481 e. The third-order valence-electron chi connectivity index (χ3n) is 4.20. The molecule has 24 heavy (non-hydrogen) atoms. The van der Waals surface area contributed by atoms with E-state index in [2.05, 4.69) is 37.7 Å². The first-order valence-corrected chi connectivity index (χ1v) is 7.90. The number of ether oxygens (including phenoxy) is 1. The highest BCUT2D eigenvalue weighted by molar-refractivity contribution is 5.34. The Hall–Kier alpha value is -2.72. The Morgan fingerprint density at radius 3 is 2.83 bits per heavy atom. The Balaban J connectivity index is 1.63. The van der Waals surface area contributed by atoms with Crippen LogP contribution < -0.4 is 9.64 Å². The SMILES string of the molecule is COc1ccc(CN2CCN(c3nccc(C#N)n3)CC2C)cn1. The highest BCUT2D eigenvalue weighted by Crippen LogP contribution is 2.18. The van der Waals surface area contributed by atoms with Gasteiger partial charge in [0.25, 0.3) is 0 Å². The molecule has 0 spiro atoms. The van der Waals surface area contributed by atoms with E-state index in [1.54, 1.807) is 19.4 Å². The standard InChI is InChI=1S/C17H20N6O/c1-13-11-23(17-19-6-5-15(9-18)21-17)8-7-22(13)12-14-3-4-16(24-2)20-10-14/h3-6,10,13H,7-8,11-12H2,1-2H3. The minimum absolute atomic E-state index is 0.357. The maximum atomic E-state index is 8.97. The lowest BCUT2D eigenvalue weighted by Crippen LogP contribution is -2.52. The van der Waals surface area contributed by atoms with Gasteiger partial charge in [-0.25, -0.2) is 15.0 Å². The van der Waals surface area contributed by atoms with Crippen LogP contribution in [0.3, 0.4) is 0 Å². The summed E-state index contributed by atoms with van der Waals surface area (Å²) in [4.78, 5) is 17.4. The Labute approximate surface area is 141 Å². The van der Waals surface area contributed by atoms with Crippen molar-refractivity contribution < 1.29 is 4.74 Å². The van der Waals surface area contributed by atoms with E-state index in [9.17, 15) is 0 Å². The molecule has 2 aromatic rings. The summed E-state index contributed by atoms with van der Waals surface area (Å²) in [6.07, 6.45) is 3.50. The lowest BCUT2D eigenvalue weighted by atomic mass is 10.1. The van der Waals surface area contributed by atoms with Crippen molar-refractivity contribution in [2.24, 2.45) is 0 Å². The van der Waals surface area contributed by atoms with Crippen molar-refractivity contribution in [2.45, 2.75) is 19.5 Å². The smallest absolute Gasteiger partial charge is 0.226 e. The van der Waals surface area contributed by atoms with Crippen LogP contribution in [0, 0.1) is 11.3 Å². The van der Waals surface area contributed by atoms with Crippen molar-refractivity contribution in [2.75, 3.05) is 31.6 Å². The van der Waals surface area contributed by atoms with E-state index in [-0.39, 0.29) is 0 Å². The molecular weight excluding hydrogens is 304 g/mol. The Kier molecular flexibility index (Phi) is 4.87. The van der Waals surface area contributed by atoms with Crippen LogP contribution >= 0.6 is 0 Å². The van der Waals surface area contributed by atoms with Crippen molar-refractivity contribution in [3.8, 4) is 11.9 Å². The molecule has 7 heteroatoms. The van der Waals surface area contributed by atoms with Crippen molar-refractivity contribution in [1.82, 2.24) is 19.9 Å². The molecule has 0 saturated carbocycles. The zero-order chi connectivity index (χ0) is 16.9. The molecule has 1 aliphatic heterocycles. The van der Waals surface area contributed by atoms with Gasteiger partial charge in [0, 0.05) is 50.7 Å². The summed E-state index contributed by atoms with van der Waals surface area (Å²) < 4.78 is 5.09. The van der Waals surface area contributed by atoms with Crippen LogP contribution in [0.5, 0.6) is 5.88 Å². The summed E-state index contributed by atoms with van der Waals surface area (Å²) in [7, 11) is 1.62. The summed E-state index contributed by atoms with van der Waals surface area (Å²) in [6, 6.07) is 7.98. The number of nitriles is 1. The molecule has 0 N–H and O–H groups in total. The second-order valence-corrected chi connectivity index (χ2v) is 5.83. The van der Waals surface area contributed by atoms with E-state index >= 15 is 0 Å². The predicted octanol–water partition coefficient (Wildman–Crippen LogP) is 1.46. The van der Waals surface area contributed by atoms with E-state index in [4.69, 9.17) is 10.00 Å². The number of pyridine rings is 1. The molecule has 1 unspecified atom stereocenters. The number of methoxy groups -OCH3 is 1. The zero-order valence-electron chi connectivity index (χ0n) is 13.9. The van der Waals surface area contributed by atoms with Crippen LogP contribution in [0.1, 0.15) is 18.2 Å². The first-order valence-electron chi connectivity index (χ1n) is 7.90. The van der Waals surface area contributed by atoms with Gasteiger partial charge < -0.3 is 9.64 Å². The highest BCUT2D eigenvalue weighted by Gasteiger charge is 2.25.